The molecule has 0 spiro atoms. The van der Waals surface area contributed by atoms with Crippen molar-refractivity contribution in [3.05, 3.63) is 39.2 Å². The highest BCUT2D eigenvalue weighted by molar-refractivity contribution is 7.99. The SMILES string of the molecule is N[C@H]1CC[C@@H](n2c(=O)c3cccnc3n(C3CCSCC3)c2=O)CC1. The van der Waals surface area contributed by atoms with Crippen molar-refractivity contribution < 1.29 is 0 Å². The number of fused-ring (bicyclic) bond motifs is 1. The highest BCUT2D eigenvalue weighted by Gasteiger charge is 2.27. The van der Waals surface area contributed by atoms with Gasteiger partial charge in [-0.2, -0.15) is 11.8 Å². The molecule has 0 bridgehead atoms. The van der Waals surface area contributed by atoms with E-state index in [4.69, 9.17) is 5.73 Å². The van der Waals surface area contributed by atoms with Gasteiger partial charge in [-0.1, -0.05) is 0 Å². The molecule has 0 unspecified atom stereocenters. The molecule has 1 saturated heterocycles. The Balaban J connectivity index is 1.91. The Morgan fingerprint density at radius 1 is 1.00 bits per heavy atom. The fourth-order valence-corrected chi connectivity index (χ4v) is 5.22. The van der Waals surface area contributed by atoms with Gasteiger partial charge in [0.2, 0.25) is 0 Å². The third-order valence-electron chi connectivity index (χ3n) is 5.54. The molecule has 25 heavy (non-hydrogen) atoms. The minimum atomic E-state index is -0.199. The lowest BCUT2D eigenvalue weighted by Crippen LogP contribution is -2.45. The Bertz CT molecular complexity index is 877. The molecule has 6 nitrogen and oxygen atoms in total. The number of nitrogens with two attached hydrogens (primary N) is 1. The maximum absolute atomic E-state index is 13.3. The van der Waals surface area contributed by atoms with Crippen LogP contribution in [0.5, 0.6) is 0 Å². The van der Waals surface area contributed by atoms with Crippen LogP contribution in [0.4, 0.5) is 0 Å². The molecule has 134 valence electrons. The molecule has 2 aliphatic rings. The second kappa shape index (κ2) is 6.96. The van der Waals surface area contributed by atoms with Crippen LogP contribution in [-0.4, -0.2) is 31.7 Å². The molecular weight excluding hydrogens is 336 g/mol. The zero-order chi connectivity index (χ0) is 17.4. The fraction of sp³-hybridized carbons (Fsp3) is 0.611. The Labute approximate surface area is 150 Å². The predicted molar refractivity (Wildman–Crippen MR) is 101 cm³/mol. The normalized spacial score (nSPS) is 25.3. The van der Waals surface area contributed by atoms with Gasteiger partial charge in [-0.3, -0.25) is 13.9 Å². The van der Waals surface area contributed by atoms with Gasteiger partial charge in [-0.15, -0.1) is 0 Å². The summed E-state index contributed by atoms with van der Waals surface area (Å²) >= 11 is 1.92. The summed E-state index contributed by atoms with van der Waals surface area (Å²) < 4.78 is 3.29. The molecule has 1 aliphatic carbocycles. The summed E-state index contributed by atoms with van der Waals surface area (Å²) in [7, 11) is 0. The van der Waals surface area contributed by atoms with Crippen LogP contribution < -0.4 is 17.0 Å². The summed E-state index contributed by atoms with van der Waals surface area (Å²) in [5.74, 6) is 2.09. The molecule has 0 aromatic carbocycles. The topological polar surface area (TPSA) is 82.9 Å². The van der Waals surface area contributed by atoms with Crippen LogP contribution in [0.15, 0.2) is 27.9 Å². The van der Waals surface area contributed by atoms with Crippen LogP contribution in [0.2, 0.25) is 0 Å². The van der Waals surface area contributed by atoms with E-state index < -0.39 is 0 Å². The van der Waals surface area contributed by atoms with E-state index in [0.717, 1.165) is 50.0 Å². The third kappa shape index (κ3) is 3.04. The van der Waals surface area contributed by atoms with Crippen molar-refractivity contribution in [2.24, 2.45) is 5.73 Å². The molecule has 2 fully saturated rings. The van der Waals surface area contributed by atoms with Gasteiger partial charge in [0.05, 0.1) is 5.39 Å². The van der Waals surface area contributed by atoms with Gasteiger partial charge >= 0.3 is 5.69 Å². The van der Waals surface area contributed by atoms with Gasteiger partial charge in [0.1, 0.15) is 5.65 Å². The molecular formula is C18H24N4O2S. The number of pyridine rings is 1. The van der Waals surface area contributed by atoms with Crippen molar-refractivity contribution in [3.63, 3.8) is 0 Å². The standard InChI is InChI=1S/C18H24N4O2S/c19-12-3-5-13(6-4-12)22-17(23)15-2-1-9-20-16(15)21(18(22)24)14-7-10-25-11-8-14/h1-2,9,12-14H,3-8,10-11,19H2/t12-,13+. The first-order valence-electron chi connectivity index (χ1n) is 9.12. The van der Waals surface area contributed by atoms with Crippen LogP contribution in [-0.2, 0) is 0 Å². The zero-order valence-electron chi connectivity index (χ0n) is 14.3. The predicted octanol–water partition coefficient (Wildman–Crippen LogP) is 2.07. The van der Waals surface area contributed by atoms with Gasteiger partial charge in [0.15, 0.2) is 0 Å². The van der Waals surface area contributed by atoms with E-state index >= 15 is 0 Å². The van der Waals surface area contributed by atoms with Crippen molar-refractivity contribution in [3.8, 4) is 0 Å². The Morgan fingerprint density at radius 2 is 1.68 bits per heavy atom. The van der Waals surface area contributed by atoms with Crippen LogP contribution >= 0.6 is 11.8 Å². The van der Waals surface area contributed by atoms with E-state index in [9.17, 15) is 9.59 Å². The molecule has 2 N–H and O–H groups in total. The number of nitrogens with zero attached hydrogens (tertiary/aromatic N) is 3. The third-order valence-corrected chi connectivity index (χ3v) is 6.59. The fourth-order valence-electron chi connectivity index (χ4n) is 4.13. The maximum Gasteiger partial charge on any atom is 0.333 e. The molecule has 0 atom stereocenters. The summed E-state index contributed by atoms with van der Waals surface area (Å²) in [5, 5.41) is 0.551. The van der Waals surface area contributed by atoms with Crippen molar-refractivity contribution in [2.75, 3.05) is 11.5 Å². The molecule has 0 amide bonds. The van der Waals surface area contributed by atoms with Crippen molar-refractivity contribution in [2.45, 2.75) is 56.7 Å². The van der Waals surface area contributed by atoms with E-state index in [2.05, 4.69) is 4.98 Å². The maximum atomic E-state index is 13.3. The average Bonchev–Trinajstić information content (AvgIpc) is 2.64. The molecule has 4 rings (SSSR count). The second-order valence-corrected chi connectivity index (χ2v) is 8.34. The van der Waals surface area contributed by atoms with Crippen LogP contribution in [0.25, 0.3) is 11.0 Å². The average molecular weight is 360 g/mol. The van der Waals surface area contributed by atoms with Gasteiger partial charge in [0.25, 0.3) is 5.56 Å². The number of aromatic nitrogens is 3. The lowest BCUT2D eigenvalue weighted by molar-refractivity contribution is 0.301. The van der Waals surface area contributed by atoms with Crippen LogP contribution in [0.3, 0.4) is 0 Å². The Hall–Kier alpha value is -1.60. The van der Waals surface area contributed by atoms with Crippen molar-refractivity contribution in [1.82, 2.24) is 14.1 Å². The molecule has 2 aromatic rings. The van der Waals surface area contributed by atoms with Crippen LogP contribution in [0.1, 0.15) is 50.6 Å². The van der Waals surface area contributed by atoms with E-state index in [1.165, 1.54) is 4.57 Å². The van der Waals surface area contributed by atoms with E-state index in [1.807, 2.05) is 11.8 Å². The largest absolute Gasteiger partial charge is 0.333 e. The highest BCUT2D eigenvalue weighted by atomic mass is 32.2. The lowest BCUT2D eigenvalue weighted by atomic mass is 9.91. The van der Waals surface area contributed by atoms with Gasteiger partial charge in [-0.25, -0.2) is 9.78 Å². The number of hydrogen-bond donors (Lipinski definition) is 1. The van der Waals surface area contributed by atoms with Gasteiger partial charge in [-0.05, 0) is 62.2 Å². The minimum Gasteiger partial charge on any atom is -0.328 e. The molecule has 3 heterocycles. The van der Waals surface area contributed by atoms with Crippen molar-refractivity contribution >= 4 is 22.8 Å². The second-order valence-electron chi connectivity index (χ2n) is 7.11. The molecule has 0 radical (unpaired) electrons. The smallest absolute Gasteiger partial charge is 0.328 e. The van der Waals surface area contributed by atoms with Gasteiger partial charge in [0, 0.05) is 24.3 Å². The summed E-state index contributed by atoms with van der Waals surface area (Å²) in [6, 6.07) is 3.84. The monoisotopic (exact) mass is 360 g/mol. The summed E-state index contributed by atoms with van der Waals surface area (Å²) in [6.45, 7) is 0. The van der Waals surface area contributed by atoms with Gasteiger partial charge < -0.3 is 5.73 Å². The zero-order valence-corrected chi connectivity index (χ0v) is 15.1. The number of rotatable bonds is 2. The lowest BCUT2D eigenvalue weighted by Gasteiger charge is -2.30. The summed E-state index contributed by atoms with van der Waals surface area (Å²) in [4.78, 5) is 30.8. The van der Waals surface area contributed by atoms with Crippen molar-refractivity contribution in [1.29, 1.82) is 0 Å². The number of hydrogen-bond acceptors (Lipinski definition) is 5. The van der Waals surface area contributed by atoms with Crippen LogP contribution in [0, 0.1) is 0 Å². The number of thioether (sulfide) groups is 1. The van der Waals surface area contributed by atoms with E-state index in [0.29, 0.717) is 11.0 Å². The molecule has 1 aliphatic heterocycles. The van der Waals surface area contributed by atoms with E-state index in [1.54, 1.807) is 22.9 Å². The highest BCUT2D eigenvalue weighted by Crippen LogP contribution is 2.29. The quantitative estimate of drug-likeness (QED) is 0.886. The molecule has 2 aromatic heterocycles. The first kappa shape index (κ1) is 16.8. The summed E-state index contributed by atoms with van der Waals surface area (Å²) in [6.07, 6.45) is 6.88. The molecule has 1 saturated carbocycles. The Kier molecular flexibility index (Phi) is 4.69. The van der Waals surface area contributed by atoms with E-state index in [-0.39, 0.29) is 29.4 Å². The minimum absolute atomic E-state index is 0.0476. The first-order valence-corrected chi connectivity index (χ1v) is 10.3. The first-order chi connectivity index (χ1) is 12.2. The summed E-state index contributed by atoms with van der Waals surface area (Å²) in [5.41, 5.74) is 6.16. The molecule has 7 heteroatoms. The Morgan fingerprint density at radius 3 is 2.40 bits per heavy atom.